The minimum atomic E-state index is -0.723. The van der Waals surface area contributed by atoms with E-state index in [-0.39, 0.29) is 11.5 Å². The van der Waals surface area contributed by atoms with Crippen LogP contribution in [0.4, 0.5) is 0 Å². The average molecular weight is 385 g/mol. The highest BCUT2D eigenvalue weighted by molar-refractivity contribution is 6.36. The Hall–Kier alpha value is -2.94. The van der Waals surface area contributed by atoms with Crippen LogP contribution in [0.25, 0.3) is 11.0 Å². The Morgan fingerprint density at radius 1 is 1.04 bits per heavy atom. The Morgan fingerprint density at radius 3 is 2.42 bits per heavy atom. The van der Waals surface area contributed by atoms with Crippen LogP contribution in [-0.2, 0) is 0 Å². The molecule has 128 valence electrons. The fraction of sp³-hybridized carbons (Fsp3) is 0.0526. The van der Waals surface area contributed by atoms with Crippen LogP contribution in [0.1, 0.15) is 17.0 Å². The number of hydrogen-bond donors (Lipinski definition) is 1. The molecule has 3 aromatic rings. The average Bonchev–Trinajstić information content (AvgIpc) is 2.61. The van der Waals surface area contributed by atoms with Gasteiger partial charge in [-0.2, -0.15) is 5.26 Å². The molecule has 0 bridgehead atoms. The van der Waals surface area contributed by atoms with Gasteiger partial charge in [-0.05, 0) is 30.3 Å². The van der Waals surface area contributed by atoms with Crippen molar-refractivity contribution in [3.8, 4) is 11.8 Å². The van der Waals surface area contributed by atoms with Gasteiger partial charge in [0.05, 0.1) is 11.5 Å². The van der Waals surface area contributed by atoms with Gasteiger partial charge in [-0.1, -0.05) is 29.3 Å². The summed E-state index contributed by atoms with van der Waals surface area (Å²) in [6, 6.07) is 13.5. The SMILES string of the molecule is N#CC1=C(N)Oc2ccc3ccc(=O)oc3c2[C@@H]1c1c(Cl)cccc1Cl. The first-order valence-electron chi connectivity index (χ1n) is 7.59. The van der Waals surface area contributed by atoms with Crippen LogP contribution in [0.15, 0.2) is 63.1 Å². The van der Waals surface area contributed by atoms with Gasteiger partial charge >= 0.3 is 5.63 Å². The van der Waals surface area contributed by atoms with E-state index in [1.165, 1.54) is 6.07 Å². The van der Waals surface area contributed by atoms with Crippen LogP contribution in [0.5, 0.6) is 5.75 Å². The van der Waals surface area contributed by atoms with E-state index in [0.717, 1.165) is 0 Å². The van der Waals surface area contributed by atoms with Gasteiger partial charge in [0.2, 0.25) is 5.88 Å². The summed E-state index contributed by atoms with van der Waals surface area (Å²) in [7, 11) is 0. The van der Waals surface area contributed by atoms with Crippen LogP contribution < -0.4 is 16.1 Å². The lowest BCUT2D eigenvalue weighted by Crippen LogP contribution is -2.22. The summed E-state index contributed by atoms with van der Waals surface area (Å²) < 4.78 is 11.0. The summed E-state index contributed by atoms with van der Waals surface area (Å²) in [5.41, 5.74) is 6.88. The van der Waals surface area contributed by atoms with Gasteiger partial charge in [0.25, 0.3) is 0 Å². The molecule has 0 saturated carbocycles. The topological polar surface area (TPSA) is 89.3 Å². The number of benzene rings is 2. The number of nitrogens with two attached hydrogens (primary N) is 1. The summed E-state index contributed by atoms with van der Waals surface area (Å²) in [4.78, 5) is 11.8. The first kappa shape index (κ1) is 16.5. The van der Waals surface area contributed by atoms with E-state index < -0.39 is 11.5 Å². The summed E-state index contributed by atoms with van der Waals surface area (Å²) in [5.74, 6) is -0.387. The molecule has 0 fully saturated rings. The van der Waals surface area contributed by atoms with Gasteiger partial charge in [0.15, 0.2) is 0 Å². The Labute approximate surface area is 157 Å². The maximum atomic E-state index is 11.8. The molecule has 0 spiro atoms. The normalized spacial score (nSPS) is 16.1. The van der Waals surface area contributed by atoms with Crippen molar-refractivity contribution in [2.24, 2.45) is 5.73 Å². The summed E-state index contributed by atoms with van der Waals surface area (Å²) in [6.07, 6.45) is 0. The van der Waals surface area contributed by atoms with Gasteiger partial charge in [-0.25, -0.2) is 4.79 Å². The van der Waals surface area contributed by atoms with E-state index in [9.17, 15) is 10.1 Å². The summed E-state index contributed by atoms with van der Waals surface area (Å²) in [6.45, 7) is 0. The molecule has 2 N–H and O–H groups in total. The van der Waals surface area contributed by atoms with E-state index in [1.54, 1.807) is 36.4 Å². The quantitative estimate of drug-likeness (QED) is 0.631. The molecular weight excluding hydrogens is 375 g/mol. The highest BCUT2D eigenvalue weighted by Gasteiger charge is 2.35. The van der Waals surface area contributed by atoms with E-state index in [2.05, 4.69) is 6.07 Å². The van der Waals surface area contributed by atoms with Crippen LogP contribution in [0, 0.1) is 11.3 Å². The smallest absolute Gasteiger partial charge is 0.336 e. The zero-order valence-electron chi connectivity index (χ0n) is 13.1. The molecule has 4 rings (SSSR count). The highest BCUT2D eigenvalue weighted by Crippen LogP contribution is 2.48. The monoisotopic (exact) mass is 384 g/mol. The maximum Gasteiger partial charge on any atom is 0.336 e. The molecule has 0 unspecified atom stereocenters. The molecule has 7 heteroatoms. The molecule has 1 aliphatic heterocycles. The Bertz CT molecular complexity index is 1170. The molecule has 0 saturated heterocycles. The molecular formula is C19H10Cl2N2O3. The van der Waals surface area contributed by atoms with Crippen molar-refractivity contribution in [1.29, 1.82) is 5.26 Å². The van der Waals surface area contributed by atoms with Crippen molar-refractivity contribution >= 4 is 34.2 Å². The van der Waals surface area contributed by atoms with Crippen LogP contribution in [0.3, 0.4) is 0 Å². The first-order valence-corrected chi connectivity index (χ1v) is 8.35. The summed E-state index contributed by atoms with van der Waals surface area (Å²) in [5, 5.41) is 11.1. The third kappa shape index (κ3) is 2.43. The molecule has 1 atom stereocenters. The number of fused-ring (bicyclic) bond motifs is 3. The van der Waals surface area contributed by atoms with Crippen molar-refractivity contribution in [2.45, 2.75) is 5.92 Å². The predicted octanol–water partition coefficient (Wildman–Crippen LogP) is 4.32. The molecule has 5 nitrogen and oxygen atoms in total. The highest BCUT2D eigenvalue weighted by atomic mass is 35.5. The minimum Gasteiger partial charge on any atom is -0.440 e. The molecule has 2 aromatic carbocycles. The number of nitriles is 1. The molecule has 1 aromatic heterocycles. The number of halogens is 2. The largest absolute Gasteiger partial charge is 0.440 e. The Morgan fingerprint density at radius 2 is 1.73 bits per heavy atom. The van der Waals surface area contributed by atoms with E-state index in [4.69, 9.17) is 38.1 Å². The molecule has 0 aliphatic carbocycles. The minimum absolute atomic E-state index is 0.0429. The van der Waals surface area contributed by atoms with Crippen molar-refractivity contribution in [3.05, 3.63) is 85.5 Å². The number of nitrogens with zero attached hydrogens (tertiary/aromatic N) is 1. The summed E-state index contributed by atoms with van der Waals surface area (Å²) >= 11 is 12.8. The fourth-order valence-corrected chi connectivity index (χ4v) is 3.77. The fourth-order valence-electron chi connectivity index (χ4n) is 3.15. The molecule has 0 amide bonds. The van der Waals surface area contributed by atoms with Gasteiger partial charge in [-0.3, -0.25) is 0 Å². The van der Waals surface area contributed by atoms with E-state index >= 15 is 0 Å². The third-order valence-electron chi connectivity index (χ3n) is 4.26. The van der Waals surface area contributed by atoms with E-state index in [1.807, 2.05) is 0 Å². The van der Waals surface area contributed by atoms with Crippen molar-refractivity contribution in [3.63, 3.8) is 0 Å². The predicted molar refractivity (Wildman–Crippen MR) is 98.2 cm³/mol. The first-order chi connectivity index (χ1) is 12.5. The molecule has 2 heterocycles. The van der Waals surface area contributed by atoms with Crippen molar-refractivity contribution < 1.29 is 9.15 Å². The zero-order chi connectivity index (χ0) is 18.4. The lowest BCUT2D eigenvalue weighted by molar-refractivity contribution is 0.392. The second-order valence-electron chi connectivity index (χ2n) is 5.71. The van der Waals surface area contributed by atoms with Crippen LogP contribution in [-0.4, -0.2) is 0 Å². The standard InChI is InChI=1S/C19H10Cl2N2O3/c20-11-2-1-3-12(21)16(11)15-10(8-22)19(23)25-13-6-4-9-5-7-14(24)26-18(9)17(13)15/h1-7,15H,23H2/t15-/m0/s1. The number of rotatable bonds is 1. The zero-order valence-corrected chi connectivity index (χ0v) is 14.6. The van der Waals surface area contributed by atoms with Crippen molar-refractivity contribution in [2.75, 3.05) is 0 Å². The number of ether oxygens (including phenoxy) is 1. The van der Waals surface area contributed by atoms with Gasteiger partial charge < -0.3 is 14.9 Å². The lowest BCUT2D eigenvalue weighted by atomic mass is 9.82. The van der Waals surface area contributed by atoms with Gasteiger partial charge in [0, 0.05) is 27.1 Å². The van der Waals surface area contributed by atoms with Crippen molar-refractivity contribution in [1.82, 2.24) is 0 Å². The Kier molecular flexibility index (Phi) is 3.87. The van der Waals surface area contributed by atoms with Gasteiger partial charge in [0.1, 0.15) is 23.0 Å². The molecule has 26 heavy (non-hydrogen) atoms. The van der Waals surface area contributed by atoms with Gasteiger partial charge in [-0.15, -0.1) is 0 Å². The number of hydrogen-bond acceptors (Lipinski definition) is 5. The lowest BCUT2D eigenvalue weighted by Gasteiger charge is -2.28. The second kappa shape index (κ2) is 6.10. The third-order valence-corrected chi connectivity index (χ3v) is 4.92. The molecule has 1 aliphatic rings. The van der Waals surface area contributed by atoms with E-state index in [0.29, 0.717) is 37.9 Å². The maximum absolute atomic E-state index is 11.8. The molecule has 0 radical (unpaired) electrons. The Balaban J connectivity index is 2.15. The second-order valence-corrected chi connectivity index (χ2v) is 6.52. The van der Waals surface area contributed by atoms with Crippen LogP contribution >= 0.6 is 23.2 Å². The van der Waals surface area contributed by atoms with Crippen LogP contribution in [0.2, 0.25) is 10.0 Å². The number of allylic oxidation sites excluding steroid dienone is 1.